The molecule has 0 saturated carbocycles. The first-order chi connectivity index (χ1) is 12.1. The molecule has 1 amide bonds. The van der Waals surface area contributed by atoms with Crippen LogP contribution in [-0.2, 0) is 4.79 Å². The Morgan fingerprint density at radius 2 is 2.04 bits per heavy atom. The van der Waals surface area contributed by atoms with Crippen molar-refractivity contribution in [1.82, 2.24) is 9.88 Å². The highest BCUT2D eigenvalue weighted by Gasteiger charge is 2.33. The molecular weight excluding hydrogens is 316 g/mol. The van der Waals surface area contributed by atoms with Crippen molar-refractivity contribution in [1.29, 1.82) is 0 Å². The van der Waals surface area contributed by atoms with Crippen LogP contribution < -0.4 is 4.74 Å². The molecule has 5 nitrogen and oxygen atoms in total. The molecule has 0 N–H and O–H groups in total. The number of carbonyl (C=O) groups excluding carboxylic acids is 2. The van der Waals surface area contributed by atoms with Gasteiger partial charge in [-0.15, -0.1) is 0 Å². The minimum Gasteiger partial charge on any atom is -0.479 e. The van der Waals surface area contributed by atoms with Gasteiger partial charge < -0.3 is 9.64 Å². The highest BCUT2D eigenvalue weighted by Crippen LogP contribution is 2.23. The Morgan fingerprint density at radius 3 is 2.76 bits per heavy atom. The molecular formula is C20H22N2O3. The predicted molar refractivity (Wildman–Crippen MR) is 94.5 cm³/mol. The van der Waals surface area contributed by atoms with Crippen molar-refractivity contribution in [3.8, 4) is 5.75 Å². The van der Waals surface area contributed by atoms with Crippen LogP contribution in [0.2, 0.25) is 0 Å². The SMILES string of the molecule is C[C@H](Oc1cccnc1)C(=O)N1CCC[C@H]1CC(=O)c1ccccc1. The zero-order valence-corrected chi connectivity index (χ0v) is 14.3. The second-order valence-corrected chi connectivity index (χ2v) is 6.27. The predicted octanol–water partition coefficient (Wildman–Crippen LogP) is 3.11. The largest absolute Gasteiger partial charge is 0.479 e. The van der Waals surface area contributed by atoms with E-state index in [0.717, 1.165) is 12.8 Å². The molecule has 1 fully saturated rings. The highest BCUT2D eigenvalue weighted by atomic mass is 16.5. The van der Waals surface area contributed by atoms with Crippen LogP contribution in [0.5, 0.6) is 5.75 Å². The standard InChI is InChI=1S/C20H22N2O3/c1-15(25-18-10-5-11-21-14-18)20(24)22-12-6-9-17(22)13-19(23)16-7-3-2-4-8-16/h2-5,7-8,10-11,14-15,17H,6,9,12-13H2,1H3/t15-,17-/m0/s1. The van der Waals surface area contributed by atoms with Gasteiger partial charge >= 0.3 is 0 Å². The van der Waals surface area contributed by atoms with E-state index >= 15 is 0 Å². The zero-order valence-electron chi connectivity index (χ0n) is 14.3. The minimum atomic E-state index is -0.600. The van der Waals surface area contributed by atoms with E-state index in [4.69, 9.17) is 4.74 Å². The van der Waals surface area contributed by atoms with Crippen molar-refractivity contribution in [3.05, 3.63) is 60.4 Å². The first-order valence-corrected chi connectivity index (χ1v) is 8.60. The molecule has 2 heterocycles. The molecule has 2 atom stereocenters. The third-order valence-corrected chi connectivity index (χ3v) is 4.47. The number of carbonyl (C=O) groups is 2. The van der Waals surface area contributed by atoms with Crippen molar-refractivity contribution in [3.63, 3.8) is 0 Å². The van der Waals surface area contributed by atoms with Crippen LogP contribution in [-0.4, -0.2) is 40.3 Å². The third kappa shape index (κ3) is 4.24. The fourth-order valence-corrected chi connectivity index (χ4v) is 3.20. The topological polar surface area (TPSA) is 59.5 Å². The number of pyridine rings is 1. The summed E-state index contributed by atoms with van der Waals surface area (Å²) >= 11 is 0. The molecule has 25 heavy (non-hydrogen) atoms. The summed E-state index contributed by atoms with van der Waals surface area (Å²) in [4.78, 5) is 31.0. The lowest BCUT2D eigenvalue weighted by atomic mass is 10.0. The van der Waals surface area contributed by atoms with Gasteiger partial charge in [-0.05, 0) is 31.9 Å². The Morgan fingerprint density at radius 1 is 1.24 bits per heavy atom. The molecule has 130 valence electrons. The lowest BCUT2D eigenvalue weighted by Gasteiger charge is -2.27. The van der Waals surface area contributed by atoms with Gasteiger partial charge in [0.15, 0.2) is 11.9 Å². The van der Waals surface area contributed by atoms with Gasteiger partial charge in [0, 0.05) is 30.8 Å². The van der Waals surface area contributed by atoms with Crippen LogP contribution in [0.4, 0.5) is 0 Å². The summed E-state index contributed by atoms with van der Waals surface area (Å²) in [5.74, 6) is 0.567. The van der Waals surface area contributed by atoms with Gasteiger partial charge in [0.05, 0.1) is 6.20 Å². The lowest BCUT2D eigenvalue weighted by Crippen LogP contribution is -2.43. The van der Waals surface area contributed by atoms with Crippen LogP contribution in [0.1, 0.15) is 36.5 Å². The normalized spacial score (nSPS) is 18.0. The molecule has 1 aliphatic heterocycles. The molecule has 3 rings (SSSR count). The molecule has 5 heteroatoms. The van der Waals surface area contributed by atoms with Gasteiger partial charge in [-0.3, -0.25) is 14.6 Å². The second-order valence-electron chi connectivity index (χ2n) is 6.27. The first kappa shape index (κ1) is 17.1. The Labute approximate surface area is 147 Å². The number of likely N-dealkylation sites (tertiary alicyclic amines) is 1. The smallest absolute Gasteiger partial charge is 0.263 e. The summed E-state index contributed by atoms with van der Waals surface area (Å²) in [6.45, 7) is 2.41. The van der Waals surface area contributed by atoms with Crippen molar-refractivity contribution < 1.29 is 14.3 Å². The van der Waals surface area contributed by atoms with E-state index in [0.29, 0.717) is 24.3 Å². The minimum absolute atomic E-state index is 0.0554. The number of hydrogen-bond acceptors (Lipinski definition) is 4. The summed E-state index contributed by atoms with van der Waals surface area (Å²) < 4.78 is 5.69. The zero-order chi connectivity index (χ0) is 17.6. The number of amides is 1. The van der Waals surface area contributed by atoms with E-state index in [2.05, 4.69) is 4.98 Å². The molecule has 1 aliphatic rings. The van der Waals surface area contributed by atoms with Gasteiger partial charge in [0.2, 0.25) is 0 Å². The van der Waals surface area contributed by atoms with Crippen LogP contribution in [0.25, 0.3) is 0 Å². The third-order valence-electron chi connectivity index (χ3n) is 4.47. The summed E-state index contributed by atoms with van der Waals surface area (Å²) in [6, 6.07) is 12.7. The molecule has 0 aliphatic carbocycles. The molecule has 0 spiro atoms. The van der Waals surface area contributed by atoms with Crippen molar-refractivity contribution in [2.75, 3.05) is 6.54 Å². The van der Waals surface area contributed by atoms with Crippen LogP contribution in [0, 0.1) is 0 Å². The molecule has 0 bridgehead atoms. The average molecular weight is 338 g/mol. The quantitative estimate of drug-likeness (QED) is 0.759. The molecule has 2 aromatic rings. The fourth-order valence-electron chi connectivity index (χ4n) is 3.20. The highest BCUT2D eigenvalue weighted by molar-refractivity contribution is 5.96. The summed E-state index contributed by atoms with van der Waals surface area (Å²) in [6.07, 6.45) is 4.77. The van der Waals surface area contributed by atoms with Gasteiger partial charge in [0.1, 0.15) is 5.75 Å². The Balaban J connectivity index is 1.62. The maximum Gasteiger partial charge on any atom is 0.263 e. The number of ether oxygens (including phenoxy) is 1. The van der Waals surface area contributed by atoms with Gasteiger partial charge in [-0.2, -0.15) is 0 Å². The maximum absolute atomic E-state index is 12.7. The average Bonchev–Trinajstić information content (AvgIpc) is 3.10. The van der Waals surface area contributed by atoms with E-state index in [1.165, 1.54) is 0 Å². The van der Waals surface area contributed by atoms with E-state index in [-0.39, 0.29) is 17.7 Å². The van der Waals surface area contributed by atoms with E-state index in [9.17, 15) is 9.59 Å². The number of benzene rings is 1. The van der Waals surface area contributed by atoms with Gasteiger partial charge in [-0.1, -0.05) is 30.3 Å². The van der Waals surface area contributed by atoms with Crippen LogP contribution >= 0.6 is 0 Å². The summed E-state index contributed by atoms with van der Waals surface area (Å²) in [5.41, 5.74) is 0.696. The molecule has 0 radical (unpaired) electrons. The van der Waals surface area contributed by atoms with E-state index in [1.54, 1.807) is 36.4 Å². The number of nitrogens with zero attached hydrogens (tertiary/aromatic N) is 2. The van der Waals surface area contributed by atoms with Crippen LogP contribution in [0.15, 0.2) is 54.9 Å². The van der Waals surface area contributed by atoms with Crippen molar-refractivity contribution >= 4 is 11.7 Å². The maximum atomic E-state index is 12.7. The second kappa shape index (κ2) is 7.92. The van der Waals surface area contributed by atoms with Crippen molar-refractivity contribution in [2.45, 2.75) is 38.3 Å². The fraction of sp³-hybridized carbons (Fsp3) is 0.350. The van der Waals surface area contributed by atoms with Gasteiger partial charge in [0.25, 0.3) is 5.91 Å². The Hall–Kier alpha value is -2.69. The molecule has 1 saturated heterocycles. The molecule has 0 unspecified atom stereocenters. The number of ketones is 1. The number of aromatic nitrogens is 1. The summed E-state index contributed by atoms with van der Waals surface area (Å²) in [7, 11) is 0. The van der Waals surface area contributed by atoms with Gasteiger partial charge in [-0.25, -0.2) is 0 Å². The molecule has 1 aromatic carbocycles. The Kier molecular flexibility index (Phi) is 5.43. The van der Waals surface area contributed by atoms with Crippen molar-refractivity contribution in [2.24, 2.45) is 0 Å². The molecule has 1 aromatic heterocycles. The monoisotopic (exact) mass is 338 g/mol. The first-order valence-electron chi connectivity index (χ1n) is 8.60. The number of rotatable bonds is 6. The summed E-state index contributed by atoms with van der Waals surface area (Å²) in [5, 5.41) is 0. The number of Topliss-reactive ketones (excluding diaryl/α,β-unsaturated/α-hetero) is 1. The van der Waals surface area contributed by atoms with E-state index < -0.39 is 6.10 Å². The Bertz CT molecular complexity index is 718. The van der Waals surface area contributed by atoms with E-state index in [1.807, 2.05) is 30.3 Å². The number of hydrogen-bond donors (Lipinski definition) is 0. The lowest BCUT2D eigenvalue weighted by molar-refractivity contribution is -0.138. The van der Waals surface area contributed by atoms with Crippen LogP contribution in [0.3, 0.4) is 0 Å².